The summed E-state index contributed by atoms with van der Waals surface area (Å²) in [6, 6.07) is 2.10. The van der Waals surface area contributed by atoms with E-state index in [0.29, 0.717) is 5.92 Å². The van der Waals surface area contributed by atoms with Gasteiger partial charge in [-0.1, -0.05) is 26.3 Å². The fourth-order valence-corrected chi connectivity index (χ4v) is 2.72. The molecule has 1 aromatic rings. The molecule has 1 rings (SSSR count). The minimum absolute atomic E-state index is 0.595. The minimum Gasteiger partial charge on any atom is -0.313 e. The molecule has 1 heterocycles. The molecule has 1 N–H and O–H groups in total. The standard InChI is InChI=1S/C12H18BrNS/c1-4-14-8-10(9(2)3)7-12-11(13)5-6-15-12/h5-7,9,14H,4,8H2,1-3H3/b10-7-. The van der Waals surface area contributed by atoms with E-state index in [4.69, 9.17) is 0 Å². The van der Waals surface area contributed by atoms with Gasteiger partial charge >= 0.3 is 0 Å². The van der Waals surface area contributed by atoms with Crippen LogP contribution in [-0.4, -0.2) is 13.1 Å². The summed E-state index contributed by atoms with van der Waals surface area (Å²) in [5.41, 5.74) is 1.46. The molecule has 1 nitrogen and oxygen atoms in total. The van der Waals surface area contributed by atoms with Crippen LogP contribution in [0.2, 0.25) is 0 Å². The minimum atomic E-state index is 0.595. The predicted molar refractivity (Wildman–Crippen MR) is 73.4 cm³/mol. The highest BCUT2D eigenvalue weighted by Crippen LogP contribution is 2.26. The first-order valence-electron chi connectivity index (χ1n) is 5.29. The van der Waals surface area contributed by atoms with Crippen molar-refractivity contribution in [3.05, 3.63) is 26.4 Å². The lowest BCUT2D eigenvalue weighted by Gasteiger charge is -2.11. The van der Waals surface area contributed by atoms with E-state index in [-0.39, 0.29) is 0 Å². The SMILES string of the molecule is CCNC/C(=C/c1sccc1Br)C(C)C. The van der Waals surface area contributed by atoms with Crippen molar-refractivity contribution >= 4 is 33.3 Å². The van der Waals surface area contributed by atoms with Crippen LogP contribution < -0.4 is 5.32 Å². The van der Waals surface area contributed by atoms with E-state index >= 15 is 0 Å². The van der Waals surface area contributed by atoms with Gasteiger partial charge in [-0.25, -0.2) is 0 Å². The second kappa shape index (κ2) is 6.46. The van der Waals surface area contributed by atoms with Gasteiger partial charge in [0.05, 0.1) is 0 Å². The first kappa shape index (κ1) is 12.9. The smallest absolute Gasteiger partial charge is 0.0412 e. The van der Waals surface area contributed by atoms with E-state index in [1.54, 1.807) is 11.3 Å². The van der Waals surface area contributed by atoms with Crippen molar-refractivity contribution < 1.29 is 0 Å². The zero-order valence-electron chi connectivity index (χ0n) is 9.51. The lowest BCUT2D eigenvalue weighted by atomic mass is 10.0. The summed E-state index contributed by atoms with van der Waals surface area (Å²) in [5.74, 6) is 0.595. The van der Waals surface area contributed by atoms with Gasteiger partial charge in [0.2, 0.25) is 0 Å². The largest absolute Gasteiger partial charge is 0.313 e. The normalized spacial score (nSPS) is 12.5. The molecule has 0 aliphatic carbocycles. The van der Waals surface area contributed by atoms with E-state index in [9.17, 15) is 0 Å². The number of thiophene rings is 1. The Bertz CT molecular complexity index is 328. The Hall–Kier alpha value is -0.120. The number of halogens is 1. The molecule has 0 bridgehead atoms. The molecule has 0 aliphatic rings. The Balaban J connectivity index is 2.79. The molecule has 3 heteroatoms. The fourth-order valence-electron chi connectivity index (χ4n) is 1.27. The molecule has 0 aromatic carbocycles. The van der Waals surface area contributed by atoms with Crippen LogP contribution in [-0.2, 0) is 0 Å². The summed E-state index contributed by atoms with van der Waals surface area (Å²) < 4.78 is 1.20. The molecule has 0 spiro atoms. The molecule has 0 radical (unpaired) electrons. The van der Waals surface area contributed by atoms with Gasteiger partial charge in [0.1, 0.15) is 0 Å². The Kier molecular flexibility index (Phi) is 5.58. The molecule has 1 aromatic heterocycles. The molecule has 0 aliphatic heterocycles. The molecule has 84 valence electrons. The van der Waals surface area contributed by atoms with Crippen molar-refractivity contribution in [2.75, 3.05) is 13.1 Å². The molecular formula is C12H18BrNS. The fraction of sp³-hybridized carbons (Fsp3) is 0.500. The van der Waals surface area contributed by atoms with E-state index in [0.717, 1.165) is 13.1 Å². The van der Waals surface area contributed by atoms with E-state index in [2.05, 4.69) is 59.5 Å². The topological polar surface area (TPSA) is 12.0 Å². The molecule has 0 amide bonds. The third-order valence-corrected chi connectivity index (χ3v) is 4.10. The van der Waals surface area contributed by atoms with Crippen molar-refractivity contribution in [1.29, 1.82) is 0 Å². The van der Waals surface area contributed by atoms with Crippen LogP contribution in [0.1, 0.15) is 25.6 Å². The molecule has 0 saturated carbocycles. The summed E-state index contributed by atoms with van der Waals surface area (Å²) >= 11 is 5.34. The summed E-state index contributed by atoms with van der Waals surface area (Å²) in [6.45, 7) is 8.63. The van der Waals surface area contributed by atoms with Crippen LogP contribution in [0.4, 0.5) is 0 Å². The van der Waals surface area contributed by atoms with Crippen LogP contribution in [0.15, 0.2) is 21.5 Å². The van der Waals surface area contributed by atoms with Gasteiger partial charge in [0.15, 0.2) is 0 Å². The highest BCUT2D eigenvalue weighted by atomic mass is 79.9. The number of nitrogens with one attached hydrogen (secondary N) is 1. The molecule has 0 fully saturated rings. The van der Waals surface area contributed by atoms with Crippen LogP contribution in [0, 0.1) is 5.92 Å². The van der Waals surface area contributed by atoms with Gasteiger partial charge in [-0.3, -0.25) is 0 Å². The van der Waals surface area contributed by atoms with Crippen LogP contribution >= 0.6 is 27.3 Å². The van der Waals surface area contributed by atoms with Crippen LogP contribution in [0.3, 0.4) is 0 Å². The molecule has 0 saturated heterocycles. The maximum absolute atomic E-state index is 3.56. The maximum atomic E-state index is 3.56. The third-order valence-electron chi connectivity index (χ3n) is 2.28. The Morgan fingerprint density at radius 1 is 1.60 bits per heavy atom. The molecule has 15 heavy (non-hydrogen) atoms. The summed E-state index contributed by atoms with van der Waals surface area (Å²) in [6.07, 6.45) is 2.29. The maximum Gasteiger partial charge on any atom is 0.0412 e. The predicted octanol–water partition coefficient (Wildman–Crippen LogP) is 4.16. The average molecular weight is 288 g/mol. The first-order chi connectivity index (χ1) is 7.15. The zero-order valence-corrected chi connectivity index (χ0v) is 11.9. The van der Waals surface area contributed by atoms with Gasteiger partial charge in [-0.2, -0.15) is 0 Å². The third kappa shape index (κ3) is 4.09. The Labute approximate surface area is 105 Å². The quantitative estimate of drug-likeness (QED) is 0.858. The van der Waals surface area contributed by atoms with Gasteiger partial charge in [0.25, 0.3) is 0 Å². The van der Waals surface area contributed by atoms with E-state index in [1.165, 1.54) is 14.9 Å². The Morgan fingerprint density at radius 2 is 2.33 bits per heavy atom. The highest BCUT2D eigenvalue weighted by Gasteiger charge is 2.05. The highest BCUT2D eigenvalue weighted by molar-refractivity contribution is 9.10. The number of rotatable bonds is 5. The average Bonchev–Trinajstić information content (AvgIpc) is 2.58. The Morgan fingerprint density at radius 3 is 2.80 bits per heavy atom. The second-order valence-corrected chi connectivity index (χ2v) is 5.59. The van der Waals surface area contributed by atoms with Gasteiger partial charge in [-0.05, 0) is 45.9 Å². The summed E-state index contributed by atoms with van der Waals surface area (Å²) in [5, 5.41) is 5.49. The van der Waals surface area contributed by atoms with Gasteiger partial charge in [0, 0.05) is 15.9 Å². The number of likely N-dealkylation sites (N-methyl/N-ethyl adjacent to an activating group) is 1. The molecular weight excluding hydrogens is 270 g/mol. The van der Waals surface area contributed by atoms with Crippen molar-refractivity contribution in [2.24, 2.45) is 5.92 Å². The van der Waals surface area contributed by atoms with Crippen molar-refractivity contribution in [1.82, 2.24) is 5.32 Å². The zero-order chi connectivity index (χ0) is 11.3. The van der Waals surface area contributed by atoms with Crippen molar-refractivity contribution in [2.45, 2.75) is 20.8 Å². The van der Waals surface area contributed by atoms with Gasteiger partial charge < -0.3 is 5.32 Å². The summed E-state index contributed by atoms with van der Waals surface area (Å²) in [4.78, 5) is 1.32. The van der Waals surface area contributed by atoms with Crippen LogP contribution in [0.25, 0.3) is 6.08 Å². The molecule has 0 unspecified atom stereocenters. The lowest BCUT2D eigenvalue weighted by Crippen LogP contribution is -2.18. The van der Waals surface area contributed by atoms with Gasteiger partial charge in [-0.15, -0.1) is 11.3 Å². The van der Waals surface area contributed by atoms with E-state index < -0.39 is 0 Å². The van der Waals surface area contributed by atoms with E-state index in [1.807, 2.05) is 0 Å². The second-order valence-electron chi connectivity index (χ2n) is 3.79. The summed E-state index contributed by atoms with van der Waals surface area (Å²) in [7, 11) is 0. The number of hydrogen-bond donors (Lipinski definition) is 1. The monoisotopic (exact) mass is 287 g/mol. The lowest BCUT2D eigenvalue weighted by molar-refractivity contribution is 0.683. The molecule has 0 atom stereocenters. The van der Waals surface area contributed by atoms with Crippen molar-refractivity contribution in [3.8, 4) is 0 Å². The van der Waals surface area contributed by atoms with Crippen molar-refractivity contribution in [3.63, 3.8) is 0 Å². The van der Waals surface area contributed by atoms with Crippen LogP contribution in [0.5, 0.6) is 0 Å². The first-order valence-corrected chi connectivity index (χ1v) is 6.96. The number of hydrogen-bond acceptors (Lipinski definition) is 2.